The zero-order valence-corrected chi connectivity index (χ0v) is 19.5. The predicted octanol–water partition coefficient (Wildman–Crippen LogP) is 4.39. The standard InChI is InChI=1S/C25H20F3N3O4S/c26-25(27,28)18-19(13-4-2-1-3-5-13)31-35-21(18)24-30-17-9-7-14-12-15(6-8-16(14)22(17)36-24)20(33)23(34)29-10-11-32/h1-6,8,12,20,32-33H,7,9-11H2,(H,29,34)/t20-/m0/s1. The van der Waals surface area contributed by atoms with E-state index in [1.54, 1.807) is 36.4 Å². The number of fused-ring (bicyclic) bond motifs is 3. The van der Waals surface area contributed by atoms with E-state index >= 15 is 0 Å². The van der Waals surface area contributed by atoms with Crippen molar-refractivity contribution in [1.82, 2.24) is 15.5 Å². The van der Waals surface area contributed by atoms with Crippen LogP contribution in [0.3, 0.4) is 0 Å². The number of thiazole rings is 1. The Balaban J connectivity index is 1.52. The summed E-state index contributed by atoms with van der Waals surface area (Å²) >= 11 is 1.09. The van der Waals surface area contributed by atoms with Gasteiger partial charge in [0.2, 0.25) is 5.76 Å². The van der Waals surface area contributed by atoms with Gasteiger partial charge in [-0.25, -0.2) is 4.98 Å². The maximum atomic E-state index is 14.1. The van der Waals surface area contributed by atoms with E-state index in [1.165, 1.54) is 12.1 Å². The summed E-state index contributed by atoms with van der Waals surface area (Å²) in [6.07, 6.45) is -5.08. The van der Waals surface area contributed by atoms with Crippen molar-refractivity contribution in [3.05, 3.63) is 70.9 Å². The fourth-order valence-corrected chi connectivity index (χ4v) is 5.37. The van der Waals surface area contributed by atoms with Crippen molar-refractivity contribution in [2.24, 2.45) is 0 Å². The Bertz CT molecular complexity index is 1420. The van der Waals surface area contributed by atoms with Crippen LogP contribution < -0.4 is 5.32 Å². The first-order valence-corrected chi connectivity index (χ1v) is 11.9. The number of aliphatic hydroxyl groups excluding tert-OH is 2. The van der Waals surface area contributed by atoms with Gasteiger partial charge in [-0.3, -0.25) is 4.79 Å². The quantitative estimate of drug-likeness (QED) is 0.352. The van der Waals surface area contributed by atoms with Gasteiger partial charge in [0.15, 0.2) is 11.1 Å². The molecule has 2 aromatic carbocycles. The van der Waals surface area contributed by atoms with Crippen LogP contribution >= 0.6 is 11.3 Å². The van der Waals surface area contributed by atoms with Gasteiger partial charge in [0.1, 0.15) is 11.3 Å². The Kier molecular flexibility index (Phi) is 6.37. The SMILES string of the molecule is O=C(NCCO)[C@@H](O)c1ccc2c(c1)CCc1nc(-c3onc(-c4ccccc4)c3C(F)(F)F)sc1-2. The number of rotatable bonds is 6. The maximum Gasteiger partial charge on any atom is 0.422 e. The van der Waals surface area contributed by atoms with E-state index in [-0.39, 0.29) is 23.9 Å². The molecule has 0 unspecified atom stereocenters. The number of nitrogens with zero attached hydrogens (tertiary/aromatic N) is 2. The molecule has 0 aliphatic heterocycles. The number of alkyl halides is 3. The second-order valence-electron chi connectivity index (χ2n) is 8.23. The molecule has 36 heavy (non-hydrogen) atoms. The van der Waals surface area contributed by atoms with Crippen molar-refractivity contribution in [2.75, 3.05) is 13.2 Å². The Morgan fingerprint density at radius 2 is 1.94 bits per heavy atom. The van der Waals surface area contributed by atoms with Crippen molar-refractivity contribution in [2.45, 2.75) is 25.1 Å². The van der Waals surface area contributed by atoms with Gasteiger partial charge < -0.3 is 20.1 Å². The summed E-state index contributed by atoms with van der Waals surface area (Å²) < 4.78 is 47.5. The third-order valence-electron chi connectivity index (χ3n) is 5.89. The first-order chi connectivity index (χ1) is 17.3. The fourth-order valence-electron chi connectivity index (χ4n) is 4.21. The molecule has 1 atom stereocenters. The zero-order valence-electron chi connectivity index (χ0n) is 18.7. The average molecular weight is 516 g/mol. The molecular formula is C25H20F3N3O4S. The summed E-state index contributed by atoms with van der Waals surface area (Å²) in [6, 6.07) is 13.1. The van der Waals surface area contributed by atoms with Gasteiger partial charge in [0.25, 0.3) is 5.91 Å². The fraction of sp³-hybridized carbons (Fsp3) is 0.240. The van der Waals surface area contributed by atoms with Crippen LogP contribution in [0.25, 0.3) is 32.5 Å². The Morgan fingerprint density at radius 1 is 1.17 bits per heavy atom. The number of amides is 1. The molecule has 2 heterocycles. The van der Waals surface area contributed by atoms with Crippen molar-refractivity contribution in [3.63, 3.8) is 0 Å². The molecular weight excluding hydrogens is 495 g/mol. The molecule has 0 saturated carbocycles. The van der Waals surface area contributed by atoms with E-state index in [2.05, 4.69) is 15.5 Å². The summed E-state index contributed by atoms with van der Waals surface area (Å²) in [5.41, 5.74) is 1.71. The van der Waals surface area contributed by atoms with Gasteiger partial charge in [-0.1, -0.05) is 53.7 Å². The smallest absolute Gasteiger partial charge is 0.395 e. The molecule has 0 spiro atoms. The highest BCUT2D eigenvalue weighted by Crippen LogP contribution is 2.47. The highest BCUT2D eigenvalue weighted by molar-refractivity contribution is 7.18. The van der Waals surface area contributed by atoms with Crippen LogP contribution in [0.15, 0.2) is 53.1 Å². The topological polar surface area (TPSA) is 108 Å². The van der Waals surface area contributed by atoms with Crippen LogP contribution in [0, 0.1) is 0 Å². The van der Waals surface area contributed by atoms with Gasteiger partial charge in [-0.2, -0.15) is 13.2 Å². The number of benzene rings is 2. The minimum absolute atomic E-state index is 0.0291. The lowest BCUT2D eigenvalue weighted by molar-refractivity contribution is -0.136. The molecule has 5 rings (SSSR count). The minimum atomic E-state index is -4.70. The molecule has 7 nitrogen and oxygen atoms in total. The average Bonchev–Trinajstić information content (AvgIpc) is 3.51. The summed E-state index contributed by atoms with van der Waals surface area (Å²) in [6.45, 7) is -0.214. The number of hydrogen-bond acceptors (Lipinski definition) is 7. The highest BCUT2D eigenvalue weighted by Gasteiger charge is 2.42. The summed E-state index contributed by atoms with van der Waals surface area (Å²) in [7, 11) is 0. The normalized spacial score (nSPS) is 13.7. The summed E-state index contributed by atoms with van der Waals surface area (Å²) in [5.74, 6) is -1.05. The molecule has 186 valence electrons. The lowest BCUT2D eigenvalue weighted by Crippen LogP contribution is -2.31. The molecule has 11 heteroatoms. The zero-order chi connectivity index (χ0) is 25.4. The monoisotopic (exact) mass is 515 g/mol. The van der Waals surface area contributed by atoms with Crippen LogP contribution in [-0.4, -0.2) is 39.4 Å². The number of aliphatic hydroxyl groups is 2. The molecule has 0 fully saturated rings. The van der Waals surface area contributed by atoms with Crippen molar-refractivity contribution < 1.29 is 32.7 Å². The molecule has 4 aromatic rings. The Morgan fingerprint density at radius 3 is 2.67 bits per heavy atom. The van der Waals surface area contributed by atoms with E-state index in [1.807, 2.05) is 0 Å². The van der Waals surface area contributed by atoms with Gasteiger partial charge in [0, 0.05) is 12.1 Å². The lowest BCUT2D eigenvalue weighted by Gasteiger charge is -2.18. The van der Waals surface area contributed by atoms with E-state index in [9.17, 15) is 23.1 Å². The molecule has 0 bridgehead atoms. The molecule has 3 N–H and O–H groups in total. The third kappa shape index (κ3) is 4.41. The Labute approximate surface area is 207 Å². The minimum Gasteiger partial charge on any atom is -0.395 e. The van der Waals surface area contributed by atoms with Crippen LogP contribution in [-0.2, 0) is 23.8 Å². The summed E-state index contributed by atoms with van der Waals surface area (Å²) in [5, 5.41) is 25.4. The number of nitrogens with one attached hydrogen (secondary N) is 1. The van der Waals surface area contributed by atoms with E-state index in [0.717, 1.165) is 22.5 Å². The second-order valence-corrected chi connectivity index (χ2v) is 9.23. The van der Waals surface area contributed by atoms with Gasteiger partial charge >= 0.3 is 6.18 Å². The summed E-state index contributed by atoms with van der Waals surface area (Å²) in [4.78, 5) is 17.2. The van der Waals surface area contributed by atoms with Gasteiger partial charge in [-0.15, -0.1) is 11.3 Å². The van der Waals surface area contributed by atoms with E-state index in [0.29, 0.717) is 34.5 Å². The first-order valence-electron chi connectivity index (χ1n) is 11.1. The number of halogens is 3. The number of aryl methyl sites for hydroxylation is 2. The van der Waals surface area contributed by atoms with Gasteiger partial charge in [-0.05, 0) is 29.5 Å². The third-order valence-corrected chi connectivity index (χ3v) is 7.02. The molecule has 1 aliphatic carbocycles. The van der Waals surface area contributed by atoms with Crippen LogP contribution in [0.1, 0.15) is 28.5 Å². The Hall–Kier alpha value is -3.54. The lowest BCUT2D eigenvalue weighted by atomic mass is 9.91. The van der Waals surface area contributed by atoms with E-state index < -0.39 is 29.5 Å². The number of carbonyl (C=O) groups excluding carboxylic acids is 1. The van der Waals surface area contributed by atoms with Crippen molar-refractivity contribution in [3.8, 4) is 32.5 Å². The van der Waals surface area contributed by atoms with E-state index in [4.69, 9.17) is 9.63 Å². The van der Waals surface area contributed by atoms with Crippen LogP contribution in [0.5, 0.6) is 0 Å². The maximum absolute atomic E-state index is 14.1. The number of carbonyl (C=O) groups is 1. The van der Waals surface area contributed by atoms with Crippen LogP contribution in [0.2, 0.25) is 0 Å². The molecule has 0 radical (unpaired) electrons. The number of aromatic nitrogens is 2. The van der Waals surface area contributed by atoms with Crippen LogP contribution in [0.4, 0.5) is 13.2 Å². The van der Waals surface area contributed by atoms with Crippen molar-refractivity contribution in [1.29, 1.82) is 0 Å². The highest BCUT2D eigenvalue weighted by atomic mass is 32.1. The molecule has 0 saturated heterocycles. The largest absolute Gasteiger partial charge is 0.422 e. The molecule has 1 amide bonds. The predicted molar refractivity (Wildman–Crippen MR) is 126 cm³/mol. The number of hydrogen-bond donors (Lipinski definition) is 3. The van der Waals surface area contributed by atoms with Crippen molar-refractivity contribution >= 4 is 17.2 Å². The van der Waals surface area contributed by atoms with Gasteiger partial charge in [0.05, 0.1) is 17.2 Å². The first kappa shape index (κ1) is 24.2. The molecule has 2 aromatic heterocycles. The molecule has 1 aliphatic rings. The second kappa shape index (κ2) is 9.49.